The van der Waals surface area contributed by atoms with Crippen LogP contribution in [-0.4, -0.2) is 116 Å². The van der Waals surface area contributed by atoms with Gasteiger partial charge in [-0.15, -0.1) is 23.2 Å². The molecule has 0 unspecified atom stereocenters. The average Bonchev–Trinajstić information content (AvgIpc) is 2.91. The van der Waals surface area contributed by atoms with Gasteiger partial charge < -0.3 is 39.2 Å². The minimum atomic E-state index is -5.48. The monoisotopic (exact) mass is 661 g/mol. The number of hydrogen-bond acceptors (Lipinski definition) is 8. The van der Waals surface area contributed by atoms with Crippen LogP contribution in [0.15, 0.2) is 24.3 Å². The molecule has 0 atom stereocenters. The average molecular weight is 662 g/mol. The lowest BCUT2D eigenvalue weighted by molar-refractivity contribution is -0.152. The molecular weight excluding hydrogens is 623 g/mol. The summed E-state index contributed by atoms with van der Waals surface area (Å²) in [5.41, 5.74) is 2.10. The van der Waals surface area contributed by atoms with Crippen LogP contribution in [0.3, 0.4) is 0 Å². The predicted molar refractivity (Wildman–Crippen MR) is 155 cm³/mol. The third-order valence-corrected chi connectivity index (χ3v) is 11.1. The second-order valence-corrected chi connectivity index (χ2v) is 14.5. The lowest BCUT2D eigenvalue weighted by Crippen LogP contribution is -2.50. The molecule has 1 fully saturated rings. The lowest BCUT2D eigenvalue weighted by atomic mass is 10.1. The molecule has 5 N–H and O–H groups in total. The fourth-order valence-electron chi connectivity index (χ4n) is 4.41. The molecule has 1 aliphatic rings. The van der Waals surface area contributed by atoms with Crippen molar-refractivity contribution in [3.8, 4) is 0 Å². The number of aliphatic hydroxyl groups is 1. The lowest BCUT2D eigenvalue weighted by Gasteiger charge is -2.35. The first kappa shape index (κ1) is 36.0. The van der Waals surface area contributed by atoms with E-state index in [2.05, 4.69) is 4.90 Å². The Kier molecular flexibility index (Phi) is 14.5. The van der Waals surface area contributed by atoms with Gasteiger partial charge in [-0.25, -0.2) is 0 Å². The Labute approximate surface area is 249 Å². The molecule has 1 heterocycles. The van der Waals surface area contributed by atoms with Crippen molar-refractivity contribution in [2.75, 3.05) is 69.1 Å². The highest BCUT2D eigenvalue weighted by Gasteiger charge is 2.58. The van der Waals surface area contributed by atoms with E-state index in [4.69, 9.17) is 27.9 Å². The molecule has 1 aliphatic heterocycles. The molecule has 234 valence electrons. The summed E-state index contributed by atoms with van der Waals surface area (Å²) in [5, 5.41) is 6.53. The highest BCUT2D eigenvalue weighted by Crippen LogP contribution is 2.69. The molecule has 0 radical (unpaired) electrons. The van der Waals surface area contributed by atoms with Crippen LogP contribution in [0.5, 0.6) is 0 Å². The second kappa shape index (κ2) is 16.6. The van der Waals surface area contributed by atoms with Gasteiger partial charge in [0.15, 0.2) is 6.61 Å². The SMILES string of the molecule is O=C(CCCc1ccc(N(CCCl)CCCl)cc1)OCC(=O)N1CCN(CCCC(O)(P(=O)(O)O)P(=O)(O)O)CC1. The summed E-state index contributed by atoms with van der Waals surface area (Å²) in [6.45, 7) is 2.67. The Morgan fingerprint density at radius 2 is 1.49 bits per heavy atom. The normalized spacial score (nSPS) is 15.1. The number of amides is 1. The number of hydrogen-bond donors (Lipinski definition) is 5. The Morgan fingerprint density at radius 1 is 0.927 bits per heavy atom. The van der Waals surface area contributed by atoms with Crippen molar-refractivity contribution in [2.45, 2.75) is 37.2 Å². The molecule has 0 saturated carbocycles. The summed E-state index contributed by atoms with van der Waals surface area (Å²) in [4.78, 5) is 66.9. The molecule has 0 aliphatic carbocycles. The van der Waals surface area contributed by atoms with Gasteiger partial charge in [-0.05, 0) is 43.5 Å². The van der Waals surface area contributed by atoms with Gasteiger partial charge in [0.1, 0.15) is 0 Å². The van der Waals surface area contributed by atoms with E-state index in [-0.39, 0.29) is 31.9 Å². The van der Waals surface area contributed by atoms with Crippen LogP contribution in [0, 0.1) is 0 Å². The number of esters is 1. The number of alkyl halides is 2. The number of carbonyl (C=O) groups is 2. The predicted octanol–water partition coefficient (Wildman–Crippen LogP) is 1.76. The summed E-state index contributed by atoms with van der Waals surface area (Å²) < 4.78 is 28.0. The van der Waals surface area contributed by atoms with Crippen LogP contribution in [-0.2, 0) is 29.9 Å². The summed E-state index contributed by atoms with van der Waals surface area (Å²) in [7, 11) is -11.0. The molecule has 2 rings (SSSR count). The topological polar surface area (TPSA) is 188 Å². The van der Waals surface area contributed by atoms with E-state index in [0.717, 1.165) is 11.3 Å². The van der Waals surface area contributed by atoms with Crippen LogP contribution in [0.25, 0.3) is 0 Å². The standard InChI is InChI=1S/C24H39Cl2N3O10P2/c25-10-13-28(14-11-26)21-7-5-20(6-8-21)3-1-4-23(31)39-19-22(30)29-17-15-27(16-18-29)12-2-9-24(32,40(33,34)35)41(36,37)38/h5-8,32H,1-4,9-19H2,(H2,33,34,35)(H2,36,37,38). The molecule has 0 spiro atoms. The van der Waals surface area contributed by atoms with Gasteiger partial charge in [-0.1, -0.05) is 12.1 Å². The van der Waals surface area contributed by atoms with E-state index in [9.17, 15) is 43.4 Å². The number of ether oxygens (including phenoxy) is 1. The smallest absolute Gasteiger partial charge is 0.369 e. The molecule has 1 aromatic carbocycles. The summed E-state index contributed by atoms with van der Waals surface area (Å²) in [6, 6.07) is 7.98. The van der Waals surface area contributed by atoms with Crippen molar-refractivity contribution in [2.24, 2.45) is 0 Å². The van der Waals surface area contributed by atoms with Gasteiger partial charge in [-0.2, -0.15) is 0 Å². The number of aryl methyl sites for hydroxylation is 1. The Hall–Kier alpha value is -1.24. The largest absolute Gasteiger partial charge is 0.456 e. The number of rotatable bonds is 17. The van der Waals surface area contributed by atoms with Crippen molar-refractivity contribution in [1.29, 1.82) is 0 Å². The zero-order valence-corrected chi connectivity index (χ0v) is 26.0. The number of piperazine rings is 1. The maximum atomic E-state index is 12.5. The molecule has 1 amide bonds. The molecule has 41 heavy (non-hydrogen) atoms. The molecule has 0 bridgehead atoms. The van der Waals surface area contributed by atoms with Crippen LogP contribution in [0.4, 0.5) is 5.69 Å². The van der Waals surface area contributed by atoms with Crippen molar-refractivity contribution < 1.29 is 48.1 Å². The zero-order valence-electron chi connectivity index (χ0n) is 22.7. The van der Waals surface area contributed by atoms with E-state index < -0.39 is 32.7 Å². The van der Waals surface area contributed by atoms with Gasteiger partial charge >= 0.3 is 21.2 Å². The van der Waals surface area contributed by atoms with Gasteiger partial charge in [0, 0.05) is 69.6 Å². The van der Waals surface area contributed by atoms with E-state index in [0.29, 0.717) is 63.9 Å². The fraction of sp³-hybridized carbons (Fsp3) is 0.667. The summed E-state index contributed by atoms with van der Waals surface area (Å²) in [5.74, 6) is 0.189. The Morgan fingerprint density at radius 3 is 2.00 bits per heavy atom. The first-order valence-corrected chi connectivity index (χ1v) is 17.5. The molecule has 0 aromatic heterocycles. The van der Waals surface area contributed by atoms with E-state index in [1.807, 2.05) is 29.2 Å². The number of nitrogens with zero attached hydrogens (tertiary/aromatic N) is 3. The molecule has 17 heteroatoms. The highest BCUT2D eigenvalue weighted by molar-refractivity contribution is 7.72. The number of halogens is 2. The van der Waals surface area contributed by atoms with Crippen molar-refractivity contribution in [3.63, 3.8) is 0 Å². The third-order valence-electron chi connectivity index (χ3n) is 6.86. The summed E-state index contributed by atoms with van der Waals surface area (Å²) >= 11 is 11.7. The molecular formula is C24H39Cl2N3O10P2. The first-order chi connectivity index (χ1) is 19.2. The Bertz CT molecular complexity index is 1050. The van der Waals surface area contributed by atoms with E-state index in [1.54, 1.807) is 0 Å². The van der Waals surface area contributed by atoms with Gasteiger partial charge in [0.2, 0.25) is 0 Å². The zero-order chi connectivity index (χ0) is 30.7. The second-order valence-electron chi connectivity index (χ2n) is 9.73. The molecule has 1 saturated heterocycles. The van der Waals surface area contributed by atoms with Crippen LogP contribution < -0.4 is 4.90 Å². The van der Waals surface area contributed by atoms with E-state index >= 15 is 0 Å². The number of carbonyl (C=O) groups excluding carboxylic acids is 2. The quantitative estimate of drug-likeness (QED) is 0.0926. The highest BCUT2D eigenvalue weighted by atomic mass is 35.5. The van der Waals surface area contributed by atoms with Crippen LogP contribution in [0.2, 0.25) is 0 Å². The number of benzene rings is 1. The summed E-state index contributed by atoms with van der Waals surface area (Å²) in [6.07, 6.45) is 0.545. The molecule has 1 aromatic rings. The van der Waals surface area contributed by atoms with Gasteiger partial charge in [0.05, 0.1) is 0 Å². The minimum absolute atomic E-state index is 0.0804. The van der Waals surface area contributed by atoms with Gasteiger partial charge in [0.25, 0.3) is 11.0 Å². The van der Waals surface area contributed by atoms with Crippen LogP contribution in [0.1, 0.15) is 31.2 Å². The third kappa shape index (κ3) is 11.1. The maximum Gasteiger partial charge on any atom is 0.369 e. The van der Waals surface area contributed by atoms with Crippen molar-refractivity contribution >= 4 is 56.0 Å². The minimum Gasteiger partial charge on any atom is -0.456 e. The van der Waals surface area contributed by atoms with Crippen molar-refractivity contribution in [1.82, 2.24) is 9.80 Å². The Balaban J connectivity index is 1.67. The first-order valence-electron chi connectivity index (χ1n) is 13.2. The van der Waals surface area contributed by atoms with Crippen molar-refractivity contribution in [3.05, 3.63) is 29.8 Å². The molecule has 13 nitrogen and oxygen atoms in total. The number of anilines is 1. The fourth-order valence-corrected chi connectivity index (χ4v) is 7.08. The maximum absolute atomic E-state index is 12.5. The van der Waals surface area contributed by atoms with Gasteiger partial charge in [-0.3, -0.25) is 23.6 Å². The van der Waals surface area contributed by atoms with Crippen LogP contribution >= 0.6 is 38.4 Å². The van der Waals surface area contributed by atoms with E-state index in [1.165, 1.54) is 4.90 Å².